The van der Waals surface area contributed by atoms with E-state index in [0.29, 0.717) is 17.3 Å². The highest BCUT2D eigenvalue weighted by Crippen LogP contribution is 2.23. The molecule has 0 aliphatic carbocycles. The summed E-state index contributed by atoms with van der Waals surface area (Å²) >= 11 is 6.20. The number of halogens is 2. The number of amides is 1. The number of hydrogen-bond acceptors (Lipinski definition) is 4. The molecule has 2 N–H and O–H groups in total. The van der Waals surface area contributed by atoms with E-state index in [4.69, 9.17) is 16.3 Å². The lowest BCUT2D eigenvalue weighted by atomic mass is 10.1. The minimum atomic E-state index is -0.420. The van der Waals surface area contributed by atoms with Crippen LogP contribution in [0.25, 0.3) is 11.3 Å². The Balaban J connectivity index is 1.45. The van der Waals surface area contributed by atoms with Crippen molar-refractivity contribution in [2.24, 2.45) is 0 Å². The Morgan fingerprint density at radius 1 is 1.20 bits per heavy atom. The molecule has 0 unspecified atom stereocenters. The molecular formula is C21H17ClFN5O2. The van der Waals surface area contributed by atoms with Gasteiger partial charge in [-0.1, -0.05) is 23.7 Å². The fraction of sp³-hybridized carbons (Fsp3) is 0.0952. The Morgan fingerprint density at radius 2 is 1.93 bits per heavy atom. The molecule has 152 valence electrons. The first-order valence-corrected chi connectivity index (χ1v) is 9.38. The van der Waals surface area contributed by atoms with Gasteiger partial charge in [-0.2, -0.15) is 10.2 Å². The molecule has 0 saturated heterocycles. The predicted molar refractivity (Wildman–Crippen MR) is 111 cm³/mol. The number of aromatic nitrogens is 4. The van der Waals surface area contributed by atoms with E-state index < -0.39 is 5.91 Å². The Kier molecular flexibility index (Phi) is 5.49. The maximum absolute atomic E-state index is 13.0. The van der Waals surface area contributed by atoms with Crippen molar-refractivity contribution < 1.29 is 13.9 Å². The highest BCUT2D eigenvalue weighted by Gasteiger charge is 2.15. The van der Waals surface area contributed by atoms with Crippen molar-refractivity contribution in [1.29, 1.82) is 0 Å². The number of ether oxygens (including phenoxy) is 1. The van der Waals surface area contributed by atoms with E-state index in [1.807, 2.05) is 24.3 Å². The van der Waals surface area contributed by atoms with Gasteiger partial charge in [0.15, 0.2) is 5.82 Å². The second-order valence-electron chi connectivity index (χ2n) is 6.50. The number of anilines is 1. The van der Waals surface area contributed by atoms with E-state index in [1.165, 1.54) is 12.1 Å². The molecule has 0 fully saturated rings. The molecular weight excluding hydrogens is 409 g/mol. The third kappa shape index (κ3) is 4.33. The molecule has 30 heavy (non-hydrogen) atoms. The van der Waals surface area contributed by atoms with Gasteiger partial charge in [-0.3, -0.25) is 14.6 Å². The molecule has 9 heteroatoms. The van der Waals surface area contributed by atoms with Crippen LogP contribution in [0.2, 0.25) is 5.02 Å². The predicted octanol–water partition coefficient (Wildman–Crippen LogP) is 4.37. The molecule has 0 aliphatic rings. The largest absolute Gasteiger partial charge is 0.497 e. The molecule has 0 spiro atoms. The Bertz CT molecular complexity index is 1170. The smallest absolute Gasteiger partial charge is 0.274 e. The normalized spacial score (nSPS) is 10.8. The number of methoxy groups -OCH3 is 1. The van der Waals surface area contributed by atoms with Gasteiger partial charge in [0.2, 0.25) is 0 Å². The summed E-state index contributed by atoms with van der Waals surface area (Å²) in [6.45, 7) is 0.390. The number of nitrogens with zero attached hydrogens (tertiary/aromatic N) is 3. The summed E-state index contributed by atoms with van der Waals surface area (Å²) in [5.41, 5.74) is 2.58. The van der Waals surface area contributed by atoms with Crippen molar-refractivity contribution in [2.75, 3.05) is 12.4 Å². The van der Waals surface area contributed by atoms with Crippen molar-refractivity contribution >= 4 is 23.3 Å². The van der Waals surface area contributed by atoms with E-state index >= 15 is 0 Å². The molecule has 2 heterocycles. The summed E-state index contributed by atoms with van der Waals surface area (Å²) in [6, 6.07) is 15.1. The SMILES string of the molecule is COc1ccc(-c2cc(C(=O)Nc3nn(Cc4ccc(F)cc4)cc3Cl)[nH]n2)cc1. The average molecular weight is 426 g/mol. The quantitative estimate of drug-likeness (QED) is 0.480. The molecule has 0 bridgehead atoms. The van der Waals surface area contributed by atoms with Crippen molar-refractivity contribution in [1.82, 2.24) is 20.0 Å². The molecule has 7 nitrogen and oxygen atoms in total. The highest BCUT2D eigenvalue weighted by molar-refractivity contribution is 6.33. The van der Waals surface area contributed by atoms with Gasteiger partial charge in [0.25, 0.3) is 5.91 Å². The van der Waals surface area contributed by atoms with Crippen LogP contribution in [0, 0.1) is 5.82 Å². The lowest BCUT2D eigenvalue weighted by Crippen LogP contribution is -2.13. The number of carbonyl (C=O) groups excluding carboxylic acids is 1. The molecule has 4 aromatic rings. The van der Waals surface area contributed by atoms with E-state index in [0.717, 1.165) is 16.9 Å². The van der Waals surface area contributed by atoms with Gasteiger partial charge in [-0.05, 0) is 48.0 Å². The fourth-order valence-corrected chi connectivity index (χ4v) is 3.06. The third-order valence-corrected chi connectivity index (χ3v) is 4.69. The van der Waals surface area contributed by atoms with Gasteiger partial charge in [0, 0.05) is 11.8 Å². The molecule has 1 amide bonds. The first kappa shape index (κ1) is 19.7. The Morgan fingerprint density at radius 3 is 2.63 bits per heavy atom. The minimum absolute atomic E-state index is 0.226. The van der Waals surface area contributed by atoms with Crippen LogP contribution in [0.5, 0.6) is 5.75 Å². The molecule has 0 aliphatic heterocycles. The molecule has 0 saturated carbocycles. The van der Waals surface area contributed by atoms with E-state index in [2.05, 4.69) is 20.6 Å². The van der Waals surface area contributed by atoms with Crippen LogP contribution in [0.15, 0.2) is 60.8 Å². The first-order valence-electron chi connectivity index (χ1n) is 9.00. The summed E-state index contributed by atoms with van der Waals surface area (Å²) in [6.07, 6.45) is 1.59. The maximum atomic E-state index is 13.0. The van der Waals surface area contributed by atoms with Gasteiger partial charge >= 0.3 is 0 Å². The fourth-order valence-electron chi connectivity index (χ4n) is 2.86. The molecule has 2 aromatic carbocycles. The first-order chi connectivity index (χ1) is 14.5. The number of H-pyrrole nitrogens is 1. The average Bonchev–Trinajstić information content (AvgIpc) is 3.37. The summed E-state index contributed by atoms with van der Waals surface area (Å²) < 4.78 is 19.7. The summed E-state index contributed by atoms with van der Waals surface area (Å²) in [4.78, 5) is 12.6. The number of aromatic amines is 1. The van der Waals surface area contributed by atoms with Crippen LogP contribution in [-0.2, 0) is 6.54 Å². The van der Waals surface area contributed by atoms with E-state index in [1.54, 1.807) is 36.2 Å². The van der Waals surface area contributed by atoms with Crippen molar-refractivity contribution in [3.8, 4) is 17.0 Å². The van der Waals surface area contributed by atoms with Crippen LogP contribution in [-0.4, -0.2) is 33.0 Å². The minimum Gasteiger partial charge on any atom is -0.497 e. The number of benzene rings is 2. The zero-order valence-corrected chi connectivity index (χ0v) is 16.7. The van der Waals surface area contributed by atoms with Crippen molar-refractivity contribution in [3.05, 3.63) is 82.9 Å². The number of nitrogens with one attached hydrogen (secondary N) is 2. The number of rotatable bonds is 6. The van der Waals surface area contributed by atoms with E-state index in [9.17, 15) is 9.18 Å². The molecule has 0 atom stereocenters. The Hall–Kier alpha value is -3.65. The topological polar surface area (TPSA) is 84.8 Å². The van der Waals surface area contributed by atoms with Crippen LogP contribution >= 0.6 is 11.6 Å². The molecule has 4 rings (SSSR count). The summed E-state index contributed by atoms with van der Waals surface area (Å²) in [5.74, 6) is 0.234. The third-order valence-electron chi connectivity index (χ3n) is 4.42. The lowest BCUT2D eigenvalue weighted by Gasteiger charge is -2.02. The lowest BCUT2D eigenvalue weighted by molar-refractivity contribution is 0.102. The summed E-state index contributed by atoms with van der Waals surface area (Å²) in [7, 11) is 1.60. The monoisotopic (exact) mass is 425 g/mol. The van der Waals surface area contributed by atoms with Crippen LogP contribution in [0.1, 0.15) is 16.1 Å². The standard InChI is InChI=1S/C21H17ClFN5O2/c1-30-16-8-4-14(5-9-16)18-10-19(26-25-18)21(29)24-20-17(22)12-28(27-20)11-13-2-6-15(23)7-3-13/h2-10,12H,11H2,1H3,(H,25,26)(H,24,27,29). The van der Waals surface area contributed by atoms with Gasteiger partial charge in [-0.15, -0.1) is 0 Å². The molecule has 2 aromatic heterocycles. The van der Waals surface area contributed by atoms with E-state index in [-0.39, 0.29) is 17.3 Å². The zero-order valence-electron chi connectivity index (χ0n) is 15.9. The van der Waals surface area contributed by atoms with Crippen LogP contribution < -0.4 is 10.1 Å². The van der Waals surface area contributed by atoms with Crippen molar-refractivity contribution in [2.45, 2.75) is 6.54 Å². The van der Waals surface area contributed by atoms with Gasteiger partial charge in [0.05, 0.1) is 19.3 Å². The summed E-state index contributed by atoms with van der Waals surface area (Å²) in [5, 5.41) is 14.1. The van der Waals surface area contributed by atoms with Crippen LogP contribution in [0.4, 0.5) is 10.2 Å². The Labute approximate surface area is 176 Å². The van der Waals surface area contributed by atoms with Crippen LogP contribution in [0.3, 0.4) is 0 Å². The number of hydrogen-bond donors (Lipinski definition) is 2. The molecule has 0 radical (unpaired) electrons. The van der Waals surface area contributed by atoms with Gasteiger partial charge in [0.1, 0.15) is 22.3 Å². The second kappa shape index (κ2) is 8.38. The van der Waals surface area contributed by atoms with Gasteiger partial charge < -0.3 is 10.1 Å². The van der Waals surface area contributed by atoms with Gasteiger partial charge in [-0.25, -0.2) is 4.39 Å². The van der Waals surface area contributed by atoms with Crippen molar-refractivity contribution in [3.63, 3.8) is 0 Å². The second-order valence-corrected chi connectivity index (χ2v) is 6.91. The highest BCUT2D eigenvalue weighted by atomic mass is 35.5. The zero-order chi connectivity index (χ0) is 21.1. The maximum Gasteiger partial charge on any atom is 0.274 e. The number of carbonyl (C=O) groups is 1.